The van der Waals surface area contributed by atoms with E-state index in [9.17, 15) is 0 Å². The molecule has 0 bridgehead atoms. The molecule has 18 heavy (non-hydrogen) atoms. The van der Waals surface area contributed by atoms with E-state index in [2.05, 4.69) is 31.0 Å². The maximum atomic E-state index is 6.10. The normalized spacial score (nSPS) is 13.6. The van der Waals surface area contributed by atoms with Crippen molar-refractivity contribution in [3.8, 4) is 0 Å². The first-order chi connectivity index (χ1) is 8.46. The number of aromatic nitrogens is 2. The van der Waals surface area contributed by atoms with Gasteiger partial charge in [-0.15, -0.1) is 10.2 Å². The fourth-order valence-electron chi connectivity index (χ4n) is 1.72. The van der Waals surface area contributed by atoms with Gasteiger partial charge in [-0.05, 0) is 11.0 Å². The Morgan fingerprint density at radius 1 is 1.17 bits per heavy atom. The number of rotatable bonds is 3. The first kappa shape index (κ1) is 12.8. The zero-order chi connectivity index (χ0) is 13.2. The van der Waals surface area contributed by atoms with Crippen LogP contribution in [0.3, 0.4) is 0 Å². The lowest BCUT2D eigenvalue weighted by Crippen LogP contribution is -2.12. The third-order valence-corrected chi connectivity index (χ3v) is 2.59. The van der Waals surface area contributed by atoms with Crippen molar-refractivity contribution in [2.24, 2.45) is 11.1 Å². The van der Waals surface area contributed by atoms with Crippen LogP contribution in [0.1, 0.15) is 44.2 Å². The highest BCUT2D eigenvalue weighted by Gasteiger charge is 2.19. The van der Waals surface area contributed by atoms with Crippen molar-refractivity contribution in [1.29, 1.82) is 0 Å². The molecule has 0 fully saturated rings. The van der Waals surface area contributed by atoms with Crippen LogP contribution in [0.2, 0.25) is 0 Å². The highest BCUT2D eigenvalue weighted by molar-refractivity contribution is 5.22. The molecule has 0 radical (unpaired) electrons. The van der Waals surface area contributed by atoms with E-state index in [4.69, 9.17) is 10.2 Å². The van der Waals surface area contributed by atoms with Gasteiger partial charge in [0.15, 0.2) is 0 Å². The molecule has 4 heteroatoms. The number of nitrogens with zero attached hydrogens (tertiary/aromatic N) is 2. The molecule has 0 aliphatic carbocycles. The molecule has 0 saturated heterocycles. The second-order valence-electron chi connectivity index (χ2n) is 5.66. The molecule has 2 rings (SSSR count). The molecule has 0 aliphatic heterocycles. The summed E-state index contributed by atoms with van der Waals surface area (Å²) in [6, 6.07) is 9.40. The molecule has 2 aromatic rings. The van der Waals surface area contributed by atoms with E-state index in [1.807, 2.05) is 30.3 Å². The van der Waals surface area contributed by atoms with Gasteiger partial charge in [-0.2, -0.15) is 0 Å². The SMILES string of the molecule is CC(C)(C)Cc1nnc(C(N)c2ccccc2)o1. The molecule has 4 nitrogen and oxygen atoms in total. The number of hydrogen-bond donors (Lipinski definition) is 1. The van der Waals surface area contributed by atoms with E-state index >= 15 is 0 Å². The standard InChI is InChI=1S/C14H19N3O/c1-14(2,3)9-11-16-17-13(18-11)12(15)10-7-5-4-6-8-10/h4-8,12H,9,15H2,1-3H3. The summed E-state index contributed by atoms with van der Waals surface area (Å²) in [6.45, 7) is 6.40. The molecule has 1 aromatic heterocycles. The first-order valence-electron chi connectivity index (χ1n) is 6.08. The van der Waals surface area contributed by atoms with Crippen molar-refractivity contribution in [1.82, 2.24) is 10.2 Å². The molecule has 0 spiro atoms. The van der Waals surface area contributed by atoms with E-state index in [-0.39, 0.29) is 11.5 Å². The van der Waals surface area contributed by atoms with Crippen molar-refractivity contribution in [2.75, 3.05) is 0 Å². The molecule has 1 unspecified atom stereocenters. The van der Waals surface area contributed by atoms with Crippen molar-refractivity contribution < 1.29 is 4.42 Å². The summed E-state index contributed by atoms with van der Waals surface area (Å²) in [7, 11) is 0. The third kappa shape index (κ3) is 3.17. The topological polar surface area (TPSA) is 64.9 Å². The van der Waals surface area contributed by atoms with Crippen molar-refractivity contribution in [3.05, 3.63) is 47.7 Å². The van der Waals surface area contributed by atoms with Gasteiger partial charge in [0.2, 0.25) is 11.8 Å². The van der Waals surface area contributed by atoms with Crippen LogP contribution >= 0.6 is 0 Å². The summed E-state index contributed by atoms with van der Waals surface area (Å²) in [6.07, 6.45) is 0.751. The average Bonchev–Trinajstić information content (AvgIpc) is 2.75. The Hall–Kier alpha value is -1.68. The molecule has 96 valence electrons. The Balaban J connectivity index is 2.15. The van der Waals surface area contributed by atoms with Gasteiger partial charge in [0.05, 0.1) is 0 Å². The van der Waals surface area contributed by atoms with Gasteiger partial charge in [-0.3, -0.25) is 0 Å². The maximum absolute atomic E-state index is 6.10. The summed E-state index contributed by atoms with van der Waals surface area (Å²) >= 11 is 0. The fourth-order valence-corrected chi connectivity index (χ4v) is 1.72. The first-order valence-corrected chi connectivity index (χ1v) is 6.08. The van der Waals surface area contributed by atoms with Gasteiger partial charge in [0.25, 0.3) is 0 Å². The Bertz CT molecular complexity index is 499. The Morgan fingerprint density at radius 2 is 1.83 bits per heavy atom. The molecule has 0 saturated carbocycles. The second kappa shape index (κ2) is 4.90. The van der Waals surface area contributed by atoms with E-state index in [0.717, 1.165) is 12.0 Å². The van der Waals surface area contributed by atoms with Crippen LogP contribution < -0.4 is 5.73 Å². The smallest absolute Gasteiger partial charge is 0.237 e. The van der Waals surface area contributed by atoms with Crippen LogP contribution in [-0.2, 0) is 6.42 Å². The summed E-state index contributed by atoms with van der Waals surface area (Å²) < 4.78 is 5.63. The molecule has 1 atom stereocenters. The zero-order valence-corrected chi connectivity index (χ0v) is 11.1. The average molecular weight is 245 g/mol. The predicted molar refractivity (Wildman–Crippen MR) is 69.9 cm³/mol. The van der Waals surface area contributed by atoms with Crippen LogP contribution in [0.15, 0.2) is 34.7 Å². The van der Waals surface area contributed by atoms with Crippen molar-refractivity contribution >= 4 is 0 Å². The lowest BCUT2D eigenvalue weighted by Gasteiger charge is -2.14. The minimum Gasteiger partial charge on any atom is -0.423 e. The fraction of sp³-hybridized carbons (Fsp3) is 0.429. The monoisotopic (exact) mass is 245 g/mol. The molecular weight excluding hydrogens is 226 g/mol. The van der Waals surface area contributed by atoms with Gasteiger partial charge < -0.3 is 10.2 Å². The summed E-state index contributed by atoms with van der Waals surface area (Å²) in [4.78, 5) is 0. The Morgan fingerprint density at radius 3 is 2.44 bits per heavy atom. The van der Waals surface area contributed by atoms with Gasteiger partial charge in [0.1, 0.15) is 6.04 Å². The van der Waals surface area contributed by atoms with Crippen molar-refractivity contribution in [3.63, 3.8) is 0 Å². The Labute approximate surface area is 107 Å². The maximum Gasteiger partial charge on any atom is 0.237 e. The van der Waals surface area contributed by atoms with Crippen LogP contribution in [0.25, 0.3) is 0 Å². The molecule has 1 aromatic carbocycles. The van der Waals surface area contributed by atoms with Gasteiger partial charge in [0, 0.05) is 6.42 Å². The Kier molecular flexibility index (Phi) is 3.48. The van der Waals surface area contributed by atoms with Crippen molar-refractivity contribution in [2.45, 2.75) is 33.2 Å². The second-order valence-corrected chi connectivity index (χ2v) is 5.66. The molecule has 0 amide bonds. The number of benzene rings is 1. The van der Waals surface area contributed by atoms with E-state index in [1.165, 1.54) is 0 Å². The lowest BCUT2D eigenvalue weighted by molar-refractivity contribution is 0.341. The molecule has 2 N–H and O–H groups in total. The van der Waals surface area contributed by atoms with Crippen LogP contribution in [-0.4, -0.2) is 10.2 Å². The van der Waals surface area contributed by atoms with Crippen LogP contribution in [0.5, 0.6) is 0 Å². The van der Waals surface area contributed by atoms with E-state index < -0.39 is 0 Å². The zero-order valence-electron chi connectivity index (χ0n) is 11.1. The lowest BCUT2D eigenvalue weighted by atomic mass is 9.92. The van der Waals surface area contributed by atoms with Gasteiger partial charge >= 0.3 is 0 Å². The minimum atomic E-state index is -0.354. The number of nitrogens with two attached hydrogens (primary N) is 1. The predicted octanol–water partition coefficient (Wildman–Crippen LogP) is 2.71. The quantitative estimate of drug-likeness (QED) is 0.903. The third-order valence-electron chi connectivity index (χ3n) is 2.59. The molecular formula is C14H19N3O. The highest BCUT2D eigenvalue weighted by Crippen LogP contribution is 2.22. The number of hydrogen-bond acceptors (Lipinski definition) is 4. The van der Waals surface area contributed by atoms with Crippen LogP contribution in [0, 0.1) is 5.41 Å². The molecule has 0 aliphatic rings. The van der Waals surface area contributed by atoms with Gasteiger partial charge in [-0.25, -0.2) is 0 Å². The summed E-state index contributed by atoms with van der Waals surface area (Å²) in [5, 5.41) is 8.09. The van der Waals surface area contributed by atoms with E-state index in [1.54, 1.807) is 0 Å². The van der Waals surface area contributed by atoms with Crippen LogP contribution in [0.4, 0.5) is 0 Å². The highest BCUT2D eigenvalue weighted by atomic mass is 16.4. The molecule has 1 heterocycles. The van der Waals surface area contributed by atoms with Gasteiger partial charge in [-0.1, -0.05) is 51.1 Å². The minimum absolute atomic E-state index is 0.126. The van der Waals surface area contributed by atoms with E-state index in [0.29, 0.717) is 11.8 Å². The summed E-state index contributed by atoms with van der Waals surface area (Å²) in [5.74, 6) is 1.12. The largest absolute Gasteiger partial charge is 0.423 e. The summed E-state index contributed by atoms with van der Waals surface area (Å²) in [5.41, 5.74) is 7.20.